The highest BCUT2D eigenvalue weighted by atomic mass is 79.9. The van der Waals surface area contributed by atoms with Crippen molar-refractivity contribution in [1.29, 1.82) is 5.26 Å². The van der Waals surface area contributed by atoms with Crippen molar-refractivity contribution in [3.63, 3.8) is 0 Å². The zero-order valence-corrected chi connectivity index (χ0v) is 16.1. The largest absolute Gasteiger partial charge is 0.490 e. The second kappa shape index (κ2) is 9.31. The maximum absolute atomic E-state index is 9.52. The summed E-state index contributed by atoms with van der Waals surface area (Å²) >= 11 is 9.71. The molecule has 0 saturated carbocycles. The van der Waals surface area contributed by atoms with E-state index in [0.717, 1.165) is 10.0 Å². The van der Waals surface area contributed by atoms with Gasteiger partial charge >= 0.3 is 0 Å². The summed E-state index contributed by atoms with van der Waals surface area (Å²) in [6.07, 6.45) is 3.44. The van der Waals surface area contributed by atoms with E-state index in [2.05, 4.69) is 28.6 Å². The summed E-state index contributed by atoms with van der Waals surface area (Å²) in [4.78, 5) is 0. The number of hydrogen-bond acceptors (Lipinski definition) is 3. The lowest BCUT2D eigenvalue weighted by Gasteiger charge is -2.14. The highest BCUT2D eigenvalue weighted by Gasteiger charge is 2.13. The molecule has 0 bridgehead atoms. The molecule has 2 aromatic carbocycles. The van der Waals surface area contributed by atoms with Gasteiger partial charge in [-0.2, -0.15) is 5.26 Å². The summed E-state index contributed by atoms with van der Waals surface area (Å²) in [5.74, 6) is 1.21. The van der Waals surface area contributed by atoms with E-state index in [1.807, 2.05) is 37.3 Å². The number of hydrogen-bond donors (Lipinski definition) is 0. The molecule has 2 rings (SSSR count). The first kappa shape index (κ1) is 19.1. The summed E-state index contributed by atoms with van der Waals surface area (Å²) < 4.78 is 12.1. The Morgan fingerprint density at radius 1 is 1.32 bits per heavy atom. The van der Waals surface area contributed by atoms with Crippen molar-refractivity contribution in [3.05, 3.63) is 69.7 Å². The zero-order chi connectivity index (χ0) is 18.2. The molecule has 0 aliphatic rings. The fraction of sp³-hybridized carbons (Fsp3) is 0.150. The van der Waals surface area contributed by atoms with Crippen LogP contribution in [0.15, 0.2) is 53.5 Å². The molecular weight excluding hydrogens is 402 g/mol. The molecule has 0 radical (unpaired) electrons. The molecule has 3 nitrogen and oxygen atoms in total. The summed E-state index contributed by atoms with van der Waals surface area (Å²) in [5.41, 5.74) is 1.96. The minimum absolute atomic E-state index is 0.372. The summed E-state index contributed by atoms with van der Waals surface area (Å²) in [5, 5.41) is 10.1. The molecule has 5 heteroatoms. The van der Waals surface area contributed by atoms with Crippen LogP contribution < -0.4 is 9.47 Å². The van der Waals surface area contributed by atoms with Crippen molar-refractivity contribution in [1.82, 2.24) is 0 Å². The van der Waals surface area contributed by atoms with Crippen LogP contribution in [0.4, 0.5) is 0 Å². The molecule has 0 N–H and O–H groups in total. The number of halogens is 2. The van der Waals surface area contributed by atoms with Crippen LogP contribution in [0.1, 0.15) is 18.1 Å². The molecule has 0 amide bonds. The van der Waals surface area contributed by atoms with Gasteiger partial charge in [-0.25, -0.2) is 0 Å². The standard InChI is InChI=1S/C20H17BrClNO2/c1-3-9-25-20-17(21)11-14(12-19(20)24-4-2)10-15(13-23)16-7-5-6-8-18(16)22/h3,5-8,10-12H,1,4,9H2,2H3. The Morgan fingerprint density at radius 3 is 2.72 bits per heavy atom. The van der Waals surface area contributed by atoms with Gasteiger partial charge in [0.05, 0.1) is 22.7 Å². The van der Waals surface area contributed by atoms with Crippen LogP contribution in [-0.2, 0) is 0 Å². The molecular formula is C20H17BrClNO2. The first-order valence-corrected chi connectivity index (χ1v) is 8.84. The number of benzene rings is 2. The van der Waals surface area contributed by atoms with Crippen molar-refractivity contribution in [2.75, 3.05) is 13.2 Å². The lowest BCUT2D eigenvalue weighted by molar-refractivity contribution is 0.295. The molecule has 0 unspecified atom stereocenters. The topological polar surface area (TPSA) is 42.2 Å². The molecule has 0 aliphatic carbocycles. The molecule has 2 aromatic rings. The van der Waals surface area contributed by atoms with Crippen LogP contribution in [0.25, 0.3) is 11.6 Å². The average Bonchev–Trinajstić information content (AvgIpc) is 2.60. The third kappa shape index (κ3) is 4.88. The van der Waals surface area contributed by atoms with Crippen LogP contribution in [0, 0.1) is 11.3 Å². The lowest BCUT2D eigenvalue weighted by Crippen LogP contribution is -2.00. The van der Waals surface area contributed by atoms with E-state index in [0.29, 0.717) is 40.9 Å². The summed E-state index contributed by atoms with van der Waals surface area (Å²) in [7, 11) is 0. The van der Waals surface area contributed by atoms with Gasteiger partial charge in [-0.1, -0.05) is 42.5 Å². The molecule has 25 heavy (non-hydrogen) atoms. The number of allylic oxidation sites excluding steroid dienone is 1. The Labute approximate surface area is 161 Å². The fourth-order valence-corrected chi connectivity index (χ4v) is 3.04. The van der Waals surface area contributed by atoms with E-state index < -0.39 is 0 Å². The van der Waals surface area contributed by atoms with Crippen molar-refractivity contribution >= 4 is 39.2 Å². The van der Waals surface area contributed by atoms with Gasteiger partial charge in [0.15, 0.2) is 11.5 Å². The SMILES string of the molecule is C=CCOc1c(Br)cc(C=C(C#N)c2ccccc2Cl)cc1OCC. The normalized spacial score (nSPS) is 10.9. The first-order valence-electron chi connectivity index (χ1n) is 7.67. The Hall–Kier alpha value is -2.22. The van der Waals surface area contributed by atoms with E-state index >= 15 is 0 Å². The third-order valence-electron chi connectivity index (χ3n) is 3.27. The number of ether oxygens (including phenoxy) is 2. The Morgan fingerprint density at radius 2 is 2.08 bits per heavy atom. The average molecular weight is 419 g/mol. The molecule has 0 spiro atoms. The maximum atomic E-state index is 9.52. The van der Waals surface area contributed by atoms with Crippen molar-refractivity contribution < 1.29 is 9.47 Å². The summed E-state index contributed by atoms with van der Waals surface area (Å²) in [6, 6.07) is 13.2. The second-order valence-electron chi connectivity index (χ2n) is 5.01. The molecule has 0 atom stereocenters. The van der Waals surface area contributed by atoms with E-state index in [9.17, 15) is 5.26 Å². The van der Waals surface area contributed by atoms with Gasteiger partial charge in [0.25, 0.3) is 0 Å². The fourth-order valence-electron chi connectivity index (χ4n) is 2.23. The van der Waals surface area contributed by atoms with Gasteiger partial charge in [-0.15, -0.1) is 0 Å². The van der Waals surface area contributed by atoms with Gasteiger partial charge in [0, 0.05) is 10.6 Å². The number of nitrogens with zero attached hydrogens (tertiary/aromatic N) is 1. The minimum Gasteiger partial charge on any atom is -0.490 e. The van der Waals surface area contributed by atoms with Crippen molar-refractivity contribution in [2.45, 2.75) is 6.92 Å². The van der Waals surface area contributed by atoms with Crippen molar-refractivity contribution in [2.24, 2.45) is 0 Å². The van der Waals surface area contributed by atoms with Gasteiger partial charge < -0.3 is 9.47 Å². The predicted octanol–water partition coefficient (Wildman–Crippen LogP) is 6.13. The van der Waals surface area contributed by atoms with Crippen LogP contribution in [0.5, 0.6) is 11.5 Å². The molecule has 128 valence electrons. The Balaban J connectivity index is 2.49. The van der Waals surface area contributed by atoms with E-state index in [4.69, 9.17) is 21.1 Å². The van der Waals surface area contributed by atoms with Crippen LogP contribution in [-0.4, -0.2) is 13.2 Å². The number of nitriles is 1. The Kier molecular flexibility index (Phi) is 7.12. The second-order valence-corrected chi connectivity index (χ2v) is 6.27. The van der Waals surface area contributed by atoms with Gasteiger partial charge in [-0.3, -0.25) is 0 Å². The van der Waals surface area contributed by atoms with Crippen molar-refractivity contribution in [3.8, 4) is 17.6 Å². The van der Waals surface area contributed by atoms with E-state index in [1.54, 1.807) is 18.2 Å². The van der Waals surface area contributed by atoms with Gasteiger partial charge in [-0.05, 0) is 52.7 Å². The molecule has 0 aromatic heterocycles. The first-order chi connectivity index (χ1) is 12.1. The zero-order valence-electron chi connectivity index (χ0n) is 13.8. The monoisotopic (exact) mass is 417 g/mol. The maximum Gasteiger partial charge on any atom is 0.175 e. The van der Waals surface area contributed by atoms with Crippen LogP contribution in [0.2, 0.25) is 5.02 Å². The smallest absolute Gasteiger partial charge is 0.175 e. The Bertz CT molecular complexity index is 840. The molecule has 0 fully saturated rings. The predicted molar refractivity (Wildman–Crippen MR) is 106 cm³/mol. The molecule has 0 heterocycles. The van der Waals surface area contributed by atoms with Gasteiger partial charge in [0.2, 0.25) is 0 Å². The third-order valence-corrected chi connectivity index (χ3v) is 4.19. The summed E-state index contributed by atoms with van der Waals surface area (Å²) in [6.45, 7) is 6.42. The van der Waals surface area contributed by atoms with E-state index in [-0.39, 0.29) is 0 Å². The lowest BCUT2D eigenvalue weighted by atomic mass is 10.0. The van der Waals surface area contributed by atoms with Crippen LogP contribution >= 0.6 is 27.5 Å². The van der Waals surface area contributed by atoms with Gasteiger partial charge in [0.1, 0.15) is 6.61 Å². The molecule has 0 aliphatic heterocycles. The molecule has 0 saturated heterocycles. The number of rotatable bonds is 7. The van der Waals surface area contributed by atoms with E-state index in [1.165, 1.54) is 0 Å². The van der Waals surface area contributed by atoms with Crippen LogP contribution in [0.3, 0.4) is 0 Å². The minimum atomic E-state index is 0.372. The highest BCUT2D eigenvalue weighted by Crippen LogP contribution is 2.38. The highest BCUT2D eigenvalue weighted by molar-refractivity contribution is 9.10. The quantitative estimate of drug-likeness (QED) is 0.308.